The number of hydrogen-bond acceptors (Lipinski definition) is 9. The number of ether oxygens (including phenoxy) is 2. The maximum atomic E-state index is 12.6. The lowest BCUT2D eigenvalue weighted by Gasteiger charge is -2.20. The molecule has 0 aliphatic heterocycles. The van der Waals surface area contributed by atoms with Crippen LogP contribution in [0.5, 0.6) is 0 Å². The molecular weight excluding hydrogens is 781 g/mol. The van der Waals surface area contributed by atoms with Gasteiger partial charge in [-0.1, -0.05) is 164 Å². The number of rotatable bonds is 43. The van der Waals surface area contributed by atoms with Gasteiger partial charge in [0.05, 0.1) is 13.2 Å². The molecule has 0 radical (unpaired) electrons. The van der Waals surface area contributed by atoms with Crippen molar-refractivity contribution in [2.24, 2.45) is 5.73 Å². The summed E-state index contributed by atoms with van der Waals surface area (Å²) in [6.07, 6.45) is 50.0. The Balaban J connectivity index is 4.40. The fourth-order valence-corrected chi connectivity index (χ4v) is 6.83. The minimum atomic E-state index is -4.73. The summed E-state index contributed by atoms with van der Waals surface area (Å²) in [7, 11) is -4.73. The lowest BCUT2D eigenvalue weighted by Crippen LogP contribution is -2.34. The maximum Gasteiger partial charge on any atom is 0.472 e. The Labute approximate surface area is 364 Å². The molecule has 1 unspecified atom stereocenters. The van der Waals surface area contributed by atoms with E-state index in [-0.39, 0.29) is 19.4 Å². The molecule has 0 bridgehead atoms. The molecule has 346 valence electrons. The molecule has 0 aliphatic carbocycles. The number of carbonyl (C=O) groups excluding carboxylic acids is 2. The van der Waals surface area contributed by atoms with E-state index < -0.39 is 51.1 Å². The van der Waals surface area contributed by atoms with Gasteiger partial charge in [-0.2, -0.15) is 0 Å². The van der Waals surface area contributed by atoms with E-state index in [1.807, 2.05) is 12.2 Å². The molecular formula is C48H84NO10P. The number of nitrogens with two attached hydrogens (primary N) is 1. The van der Waals surface area contributed by atoms with Crippen LogP contribution in [0.15, 0.2) is 60.8 Å². The van der Waals surface area contributed by atoms with Crippen LogP contribution in [-0.2, 0) is 37.5 Å². The van der Waals surface area contributed by atoms with E-state index >= 15 is 0 Å². The van der Waals surface area contributed by atoms with E-state index in [9.17, 15) is 23.8 Å². The summed E-state index contributed by atoms with van der Waals surface area (Å²) < 4.78 is 32.7. The fraction of sp³-hybridized carbons (Fsp3) is 0.729. The minimum Gasteiger partial charge on any atom is -0.480 e. The van der Waals surface area contributed by atoms with Crippen molar-refractivity contribution < 1.29 is 47.5 Å². The zero-order valence-electron chi connectivity index (χ0n) is 37.5. The first-order valence-corrected chi connectivity index (χ1v) is 24.8. The van der Waals surface area contributed by atoms with Crippen molar-refractivity contribution in [2.45, 2.75) is 206 Å². The van der Waals surface area contributed by atoms with Gasteiger partial charge in [0.15, 0.2) is 6.10 Å². The predicted molar refractivity (Wildman–Crippen MR) is 245 cm³/mol. The Morgan fingerprint density at radius 2 is 0.900 bits per heavy atom. The van der Waals surface area contributed by atoms with Crippen molar-refractivity contribution in [3.63, 3.8) is 0 Å². The van der Waals surface area contributed by atoms with Gasteiger partial charge in [-0.25, -0.2) is 4.57 Å². The van der Waals surface area contributed by atoms with Gasteiger partial charge in [0.1, 0.15) is 12.6 Å². The number of phosphoric ester groups is 1. The lowest BCUT2D eigenvalue weighted by atomic mass is 10.1. The Bertz CT molecular complexity index is 1250. The SMILES string of the molecule is CCCCC/C=C\C/C=C\CCCCCCCCCCCC(=O)OC[C@H](COP(=O)(O)OC[C@H](N)C(=O)O)OC(=O)CCC/C=C\C/C=C\C/C=C\CCCCCCCC. The number of phosphoric acid groups is 1. The number of carbonyl (C=O) groups is 3. The monoisotopic (exact) mass is 866 g/mol. The normalized spacial score (nSPS) is 14.2. The summed E-state index contributed by atoms with van der Waals surface area (Å²) in [4.78, 5) is 46.0. The van der Waals surface area contributed by atoms with Gasteiger partial charge < -0.3 is 25.2 Å². The van der Waals surface area contributed by atoms with Gasteiger partial charge in [-0.15, -0.1) is 0 Å². The molecule has 0 aromatic heterocycles. The average molecular weight is 866 g/mol. The van der Waals surface area contributed by atoms with Gasteiger partial charge >= 0.3 is 25.7 Å². The molecule has 0 amide bonds. The van der Waals surface area contributed by atoms with Crippen molar-refractivity contribution in [3.05, 3.63) is 60.8 Å². The Hall–Kier alpha value is -2.82. The third-order valence-electron chi connectivity index (χ3n) is 9.74. The van der Waals surface area contributed by atoms with Crippen molar-refractivity contribution in [1.82, 2.24) is 0 Å². The second-order valence-electron chi connectivity index (χ2n) is 15.5. The summed E-state index contributed by atoms with van der Waals surface area (Å²) in [6, 6.07) is -1.53. The lowest BCUT2D eigenvalue weighted by molar-refractivity contribution is -0.161. The first kappa shape index (κ1) is 57.2. The second-order valence-corrected chi connectivity index (χ2v) is 17.0. The van der Waals surface area contributed by atoms with Crippen LogP contribution in [-0.4, -0.2) is 59.9 Å². The molecule has 0 heterocycles. The summed E-state index contributed by atoms with van der Waals surface area (Å²) in [6.45, 7) is 2.72. The zero-order chi connectivity index (χ0) is 44.2. The van der Waals surface area contributed by atoms with Crippen molar-refractivity contribution >= 4 is 25.7 Å². The molecule has 0 saturated carbocycles. The Morgan fingerprint density at radius 3 is 1.40 bits per heavy atom. The molecule has 12 heteroatoms. The second kappa shape index (κ2) is 42.9. The first-order valence-electron chi connectivity index (χ1n) is 23.3. The number of allylic oxidation sites excluding steroid dienone is 10. The number of aliphatic carboxylic acids is 1. The number of carboxylic acid groups (broad SMARTS) is 1. The molecule has 11 nitrogen and oxygen atoms in total. The van der Waals surface area contributed by atoms with E-state index in [2.05, 4.69) is 67.0 Å². The van der Waals surface area contributed by atoms with E-state index in [1.54, 1.807) is 0 Å². The van der Waals surface area contributed by atoms with Gasteiger partial charge in [-0.05, 0) is 77.0 Å². The van der Waals surface area contributed by atoms with Crippen LogP contribution in [0.4, 0.5) is 0 Å². The average Bonchev–Trinajstić information content (AvgIpc) is 3.22. The molecule has 0 aliphatic rings. The summed E-state index contributed by atoms with van der Waals surface area (Å²) >= 11 is 0. The molecule has 0 aromatic rings. The molecule has 4 N–H and O–H groups in total. The number of carboxylic acids is 1. The van der Waals surface area contributed by atoms with E-state index in [4.69, 9.17) is 24.8 Å². The predicted octanol–water partition coefficient (Wildman–Crippen LogP) is 12.7. The highest BCUT2D eigenvalue weighted by Gasteiger charge is 2.28. The van der Waals surface area contributed by atoms with Crippen LogP contribution in [0.25, 0.3) is 0 Å². The fourth-order valence-electron chi connectivity index (χ4n) is 6.05. The number of esters is 2. The van der Waals surface area contributed by atoms with Crippen LogP contribution in [0.3, 0.4) is 0 Å². The molecule has 0 saturated heterocycles. The Morgan fingerprint density at radius 1 is 0.517 bits per heavy atom. The quantitative estimate of drug-likeness (QED) is 0.0230. The van der Waals surface area contributed by atoms with E-state index in [0.29, 0.717) is 19.3 Å². The third kappa shape index (κ3) is 41.9. The first-order chi connectivity index (χ1) is 29.1. The van der Waals surface area contributed by atoms with Gasteiger partial charge in [0, 0.05) is 12.8 Å². The van der Waals surface area contributed by atoms with Gasteiger partial charge in [0.2, 0.25) is 0 Å². The van der Waals surface area contributed by atoms with Crippen molar-refractivity contribution in [1.29, 1.82) is 0 Å². The van der Waals surface area contributed by atoms with Crippen LogP contribution in [0.2, 0.25) is 0 Å². The Kier molecular flexibility index (Phi) is 40.8. The van der Waals surface area contributed by atoms with Crippen LogP contribution >= 0.6 is 7.82 Å². The van der Waals surface area contributed by atoms with Crippen LogP contribution < -0.4 is 5.73 Å². The highest BCUT2D eigenvalue weighted by atomic mass is 31.2. The largest absolute Gasteiger partial charge is 0.480 e. The van der Waals surface area contributed by atoms with Gasteiger partial charge in [-0.3, -0.25) is 23.4 Å². The standard InChI is InChI=1S/C48H84NO10P/c1-3-5-7-9-11-13-15-17-19-21-22-24-25-27-29-31-33-35-37-39-46(50)56-41-44(42-57-60(54,55)58-43-45(49)48(52)53)59-47(51)40-38-36-34-32-30-28-26-23-20-18-16-14-12-10-8-6-4-2/h11,13,17-20,26,28,32,34,44-45H,3-10,12,14-16,21-25,27,29-31,33,35-43,49H2,1-2H3,(H,52,53)(H,54,55)/b13-11-,19-17-,20-18-,28-26-,34-32-/t44-,45+/m1/s1. The topological polar surface area (TPSA) is 172 Å². The summed E-state index contributed by atoms with van der Waals surface area (Å²) in [5.41, 5.74) is 5.34. The zero-order valence-corrected chi connectivity index (χ0v) is 38.4. The van der Waals surface area contributed by atoms with Crippen LogP contribution in [0.1, 0.15) is 194 Å². The molecule has 3 atom stereocenters. The van der Waals surface area contributed by atoms with Crippen molar-refractivity contribution in [2.75, 3.05) is 19.8 Å². The summed E-state index contributed by atoms with van der Waals surface area (Å²) in [5.74, 6) is -2.45. The maximum absolute atomic E-state index is 12.6. The number of unbranched alkanes of at least 4 members (excludes halogenated alkanes) is 19. The molecule has 0 rings (SSSR count). The smallest absolute Gasteiger partial charge is 0.472 e. The van der Waals surface area contributed by atoms with E-state index in [0.717, 1.165) is 51.4 Å². The molecule has 0 spiro atoms. The molecule has 0 fully saturated rings. The molecule has 0 aromatic carbocycles. The molecule has 60 heavy (non-hydrogen) atoms. The third-order valence-corrected chi connectivity index (χ3v) is 10.7. The highest BCUT2D eigenvalue weighted by molar-refractivity contribution is 7.47. The van der Waals surface area contributed by atoms with Crippen LogP contribution in [0, 0.1) is 0 Å². The van der Waals surface area contributed by atoms with Gasteiger partial charge in [0.25, 0.3) is 0 Å². The minimum absolute atomic E-state index is 0.0868. The summed E-state index contributed by atoms with van der Waals surface area (Å²) in [5, 5.41) is 8.90. The van der Waals surface area contributed by atoms with E-state index in [1.165, 1.54) is 96.3 Å². The van der Waals surface area contributed by atoms with Crippen molar-refractivity contribution in [3.8, 4) is 0 Å². The number of hydrogen-bond donors (Lipinski definition) is 3. The highest BCUT2D eigenvalue weighted by Crippen LogP contribution is 2.43.